The van der Waals surface area contributed by atoms with Crippen molar-refractivity contribution in [2.24, 2.45) is 13.0 Å². The Hall–Kier alpha value is -1.81. The number of aryl methyl sites for hydroxylation is 1. The van der Waals surface area contributed by atoms with Gasteiger partial charge in [-0.2, -0.15) is 0 Å². The molecule has 2 aromatic rings. The first-order valence-electron chi connectivity index (χ1n) is 8.83. The maximum atomic E-state index is 13.3. The third-order valence-electron chi connectivity index (χ3n) is 6.31. The highest BCUT2D eigenvalue weighted by Crippen LogP contribution is 2.36. The SMILES string of the molecule is Cn1c2c(c3ccccc31)C(=O)N([C@@H]1CN3CCC1CC3)CC2. The van der Waals surface area contributed by atoms with Gasteiger partial charge in [0.15, 0.2) is 0 Å². The molecule has 1 amide bonds. The normalized spacial score (nSPS) is 30.0. The smallest absolute Gasteiger partial charge is 0.256 e. The molecule has 3 fully saturated rings. The van der Waals surface area contributed by atoms with Crippen LogP contribution in [0.25, 0.3) is 10.9 Å². The Morgan fingerprint density at radius 3 is 2.61 bits per heavy atom. The van der Waals surface area contributed by atoms with Crippen molar-refractivity contribution in [3.8, 4) is 0 Å². The predicted octanol–water partition coefficient (Wildman–Crippen LogP) is 2.27. The molecule has 0 spiro atoms. The van der Waals surface area contributed by atoms with Crippen molar-refractivity contribution in [3.05, 3.63) is 35.5 Å². The van der Waals surface area contributed by atoms with Crippen LogP contribution in [-0.2, 0) is 13.5 Å². The summed E-state index contributed by atoms with van der Waals surface area (Å²) in [4.78, 5) is 18.1. The second-order valence-corrected chi connectivity index (χ2v) is 7.35. The molecule has 0 unspecified atom stereocenters. The molecule has 1 atom stereocenters. The number of para-hydroxylation sites is 1. The minimum absolute atomic E-state index is 0.266. The minimum atomic E-state index is 0.266. The Balaban J connectivity index is 1.57. The summed E-state index contributed by atoms with van der Waals surface area (Å²) in [5.41, 5.74) is 3.36. The van der Waals surface area contributed by atoms with Gasteiger partial charge in [0.1, 0.15) is 0 Å². The summed E-state index contributed by atoms with van der Waals surface area (Å²) in [5.74, 6) is 0.974. The van der Waals surface area contributed by atoms with Crippen LogP contribution in [0.1, 0.15) is 28.9 Å². The summed E-state index contributed by atoms with van der Waals surface area (Å²) in [6, 6.07) is 8.76. The first kappa shape index (κ1) is 13.6. The molecule has 4 heteroatoms. The lowest BCUT2D eigenvalue weighted by molar-refractivity contribution is 0.00599. The molecule has 1 aromatic heterocycles. The van der Waals surface area contributed by atoms with E-state index in [2.05, 4.69) is 39.6 Å². The third-order valence-corrected chi connectivity index (χ3v) is 6.31. The van der Waals surface area contributed by atoms with Crippen molar-refractivity contribution in [1.82, 2.24) is 14.4 Å². The lowest BCUT2D eigenvalue weighted by atomic mass is 9.82. The van der Waals surface area contributed by atoms with E-state index in [4.69, 9.17) is 0 Å². The zero-order valence-corrected chi connectivity index (χ0v) is 13.7. The molecular weight excluding hydrogens is 286 g/mol. The average Bonchev–Trinajstić information content (AvgIpc) is 2.90. The maximum Gasteiger partial charge on any atom is 0.256 e. The van der Waals surface area contributed by atoms with Gasteiger partial charge in [-0.05, 0) is 37.9 Å². The Kier molecular flexibility index (Phi) is 2.87. The van der Waals surface area contributed by atoms with E-state index in [-0.39, 0.29) is 5.91 Å². The number of carbonyl (C=O) groups excluding carboxylic acids is 1. The number of carbonyl (C=O) groups is 1. The fraction of sp³-hybridized carbons (Fsp3) is 0.526. The number of hydrogen-bond donors (Lipinski definition) is 0. The number of nitrogens with zero attached hydrogens (tertiary/aromatic N) is 3. The number of piperidine rings is 3. The Morgan fingerprint density at radius 2 is 1.87 bits per heavy atom. The molecular formula is C19H23N3O. The molecule has 120 valence electrons. The van der Waals surface area contributed by atoms with E-state index in [9.17, 15) is 4.79 Å². The van der Waals surface area contributed by atoms with E-state index in [1.165, 1.54) is 37.1 Å². The predicted molar refractivity (Wildman–Crippen MR) is 90.6 cm³/mol. The van der Waals surface area contributed by atoms with Crippen molar-refractivity contribution >= 4 is 16.8 Å². The second-order valence-electron chi connectivity index (χ2n) is 7.35. The molecule has 23 heavy (non-hydrogen) atoms. The van der Waals surface area contributed by atoms with Crippen LogP contribution in [0.3, 0.4) is 0 Å². The van der Waals surface area contributed by atoms with Gasteiger partial charge in [-0.1, -0.05) is 18.2 Å². The topological polar surface area (TPSA) is 28.5 Å². The summed E-state index contributed by atoms with van der Waals surface area (Å²) in [7, 11) is 2.10. The van der Waals surface area contributed by atoms with Gasteiger partial charge in [-0.15, -0.1) is 0 Å². The van der Waals surface area contributed by atoms with E-state index in [1.54, 1.807) is 0 Å². The largest absolute Gasteiger partial charge is 0.347 e. The molecule has 0 N–H and O–H groups in total. The lowest BCUT2D eigenvalue weighted by Gasteiger charge is -2.49. The molecule has 5 heterocycles. The van der Waals surface area contributed by atoms with Gasteiger partial charge in [0.05, 0.1) is 5.56 Å². The van der Waals surface area contributed by atoms with Gasteiger partial charge in [-0.3, -0.25) is 4.79 Å². The van der Waals surface area contributed by atoms with Crippen molar-refractivity contribution in [2.45, 2.75) is 25.3 Å². The maximum absolute atomic E-state index is 13.3. The molecule has 6 rings (SSSR count). The van der Waals surface area contributed by atoms with Crippen LogP contribution in [0.2, 0.25) is 0 Å². The van der Waals surface area contributed by atoms with Crippen LogP contribution < -0.4 is 0 Å². The second kappa shape index (κ2) is 4.84. The monoisotopic (exact) mass is 309 g/mol. The van der Waals surface area contributed by atoms with E-state index in [1.807, 2.05) is 6.07 Å². The number of rotatable bonds is 1. The first-order valence-corrected chi connectivity index (χ1v) is 8.83. The number of aromatic nitrogens is 1. The van der Waals surface area contributed by atoms with E-state index in [0.717, 1.165) is 30.5 Å². The lowest BCUT2D eigenvalue weighted by Crippen LogP contribution is -2.59. The Labute approximate surface area is 136 Å². The van der Waals surface area contributed by atoms with Gasteiger partial charge in [0.2, 0.25) is 0 Å². The van der Waals surface area contributed by atoms with Crippen LogP contribution in [0.5, 0.6) is 0 Å². The van der Waals surface area contributed by atoms with Gasteiger partial charge >= 0.3 is 0 Å². The molecule has 0 saturated carbocycles. The fourth-order valence-electron chi connectivity index (χ4n) is 5.05. The van der Waals surface area contributed by atoms with Crippen molar-refractivity contribution < 1.29 is 4.79 Å². The third kappa shape index (κ3) is 1.84. The zero-order chi connectivity index (χ0) is 15.6. The molecule has 4 nitrogen and oxygen atoms in total. The Bertz CT molecular complexity index is 785. The van der Waals surface area contributed by atoms with E-state index in [0.29, 0.717) is 12.0 Å². The molecule has 4 aliphatic rings. The van der Waals surface area contributed by atoms with Gasteiger partial charge < -0.3 is 14.4 Å². The van der Waals surface area contributed by atoms with Crippen LogP contribution in [0, 0.1) is 5.92 Å². The van der Waals surface area contributed by atoms with Crippen molar-refractivity contribution in [2.75, 3.05) is 26.2 Å². The van der Waals surface area contributed by atoms with Crippen LogP contribution in [0.15, 0.2) is 24.3 Å². The highest BCUT2D eigenvalue weighted by molar-refractivity contribution is 6.09. The van der Waals surface area contributed by atoms with Crippen molar-refractivity contribution in [3.63, 3.8) is 0 Å². The number of benzene rings is 1. The molecule has 2 bridgehead atoms. The fourth-order valence-corrected chi connectivity index (χ4v) is 5.05. The Morgan fingerprint density at radius 1 is 1.09 bits per heavy atom. The molecule has 0 aliphatic carbocycles. The summed E-state index contributed by atoms with van der Waals surface area (Å²) in [6.07, 6.45) is 3.50. The summed E-state index contributed by atoms with van der Waals surface area (Å²) in [6.45, 7) is 4.41. The summed E-state index contributed by atoms with van der Waals surface area (Å²) >= 11 is 0. The summed E-state index contributed by atoms with van der Waals surface area (Å²) in [5, 5.41) is 1.13. The minimum Gasteiger partial charge on any atom is -0.347 e. The van der Waals surface area contributed by atoms with Gasteiger partial charge in [0, 0.05) is 49.2 Å². The van der Waals surface area contributed by atoms with Gasteiger partial charge in [-0.25, -0.2) is 0 Å². The quantitative estimate of drug-likeness (QED) is 0.808. The summed E-state index contributed by atoms with van der Waals surface area (Å²) < 4.78 is 2.22. The van der Waals surface area contributed by atoms with Crippen molar-refractivity contribution in [1.29, 1.82) is 0 Å². The van der Waals surface area contributed by atoms with Crippen LogP contribution >= 0.6 is 0 Å². The first-order chi connectivity index (χ1) is 11.2. The highest BCUT2D eigenvalue weighted by Gasteiger charge is 2.42. The standard InChI is InChI=1S/C19H23N3O/c1-20-15-5-3-2-4-14(15)18-16(20)8-11-22(19(18)23)17-12-21-9-6-13(17)7-10-21/h2-5,13,17H,6-12H2,1H3/t17-/m1/s1. The average molecular weight is 309 g/mol. The van der Waals surface area contributed by atoms with Crippen LogP contribution in [0.4, 0.5) is 0 Å². The number of fused-ring (bicyclic) bond motifs is 6. The number of hydrogen-bond acceptors (Lipinski definition) is 2. The van der Waals surface area contributed by atoms with E-state index >= 15 is 0 Å². The van der Waals surface area contributed by atoms with Gasteiger partial charge in [0.25, 0.3) is 5.91 Å². The number of amides is 1. The molecule has 3 saturated heterocycles. The molecule has 1 aromatic carbocycles. The molecule has 4 aliphatic heterocycles. The van der Waals surface area contributed by atoms with E-state index < -0.39 is 0 Å². The zero-order valence-electron chi connectivity index (χ0n) is 13.7. The molecule has 0 radical (unpaired) electrons. The van der Waals surface area contributed by atoms with Crippen LogP contribution in [-0.4, -0.2) is 52.5 Å². The highest BCUT2D eigenvalue weighted by atomic mass is 16.2.